The van der Waals surface area contributed by atoms with Crippen LogP contribution in [0, 0.1) is 0 Å². The largest absolute Gasteiger partial charge is 0.298 e. The van der Waals surface area contributed by atoms with Gasteiger partial charge in [0.1, 0.15) is 5.78 Å². The standard InChI is InChI=1S/C11H13N3OS2/c1-3-8(15)7(2)17-11-12-10(13-14-11)9-5-4-6-16-9/h4-7H,3H2,1-2H3,(H,12,13,14). The Morgan fingerprint density at radius 1 is 1.65 bits per heavy atom. The van der Waals surface area contributed by atoms with E-state index >= 15 is 0 Å². The summed E-state index contributed by atoms with van der Waals surface area (Å²) in [4.78, 5) is 16.9. The molecular weight excluding hydrogens is 254 g/mol. The lowest BCUT2D eigenvalue weighted by Gasteiger charge is -2.04. The van der Waals surface area contributed by atoms with Gasteiger partial charge in [0, 0.05) is 6.42 Å². The lowest BCUT2D eigenvalue weighted by Crippen LogP contribution is -2.11. The smallest absolute Gasteiger partial charge is 0.209 e. The first-order valence-corrected chi connectivity index (χ1v) is 7.12. The van der Waals surface area contributed by atoms with Gasteiger partial charge in [0.15, 0.2) is 5.82 Å². The minimum atomic E-state index is -0.0908. The molecule has 0 amide bonds. The minimum absolute atomic E-state index is 0.0908. The third-order valence-electron chi connectivity index (χ3n) is 2.30. The normalized spacial score (nSPS) is 12.6. The monoisotopic (exact) mass is 267 g/mol. The van der Waals surface area contributed by atoms with Crippen molar-refractivity contribution in [1.29, 1.82) is 0 Å². The summed E-state index contributed by atoms with van der Waals surface area (Å²) in [5, 5.41) is 9.53. The Morgan fingerprint density at radius 3 is 3.12 bits per heavy atom. The molecule has 17 heavy (non-hydrogen) atoms. The number of aromatic amines is 1. The minimum Gasteiger partial charge on any atom is -0.298 e. The molecule has 6 heteroatoms. The molecular formula is C11H13N3OS2. The van der Waals surface area contributed by atoms with E-state index in [-0.39, 0.29) is 11.0 Å². The van der Waals surface area contributed by atoms with Crippen LogP contribution in [0.5, 0.6) is 0 Å². The van der Waals surface area contributed by atoms with Gasteiger partial charge in [-0.25, -0.2) is 4.98 Å². The molecule has 0 aromatic carbocycles. The highest BCUT2D eigenvalue weighted by molar-refractivity contribution is 8.00. The molecule has 0 aliphatic rings. The van der Waals surface area contributed by atoms with Gasteiger partial charge in [-0.3, -0.25) is 9.89 Å². The third-order valence-corrected chi connectivity index (χ3v) is 4.19. The van der Waals surface area contributed by atoms with Crippen molar-refractivity contribution in [2.45, 2.75) is 30.7 Å². The highest BCUT2D eigenvalue weighted by Crippen LogP contribution is 2.25. The number of thiophene rings is 1. The van der Waals surface area contributed by atoms with Gasteiger partial charge in [-0.2, -0.15) is 0 Å². The molecule has 0 saturated carbocycles. The number of hydrogen-bond donors (Lipinski definition) is 1. The molecule has 2 heterocycles. The summed E-state index contributed by atoms with van der Waals surface area (Å²) >= 11 is 3.01. The van der Waals surface area contributed by atoms with Gasteiger partial charge < -0.3 is 0 Å². The number of nitrogens with one attached hydrogen (secondary N) is 1. The van der Waals surface area contributed by atoms with E-state index in [1.807, 2.05) is 31.4 Å². The molecule has 0 spiro atoms. The van der Waals surface area contributed by atoms with Gasteiger partial charge in [-0.15, -0.1) is 16.4 Å². The highest BCUT2D eigenvalue weighted by atomic mass is 32.2. The fourth-order valence-electron chi connectivity index (χ4n) is 1.33. The predicted molar refractivity (Wildman–Crippen MR) is 70.3 cm³/mol. The zero-order chi connectivity index (χ0) is 12.3. The van der Waals surface area contributed by atoms with Crippen LogP contribution in [0.3, 0.4) is 0 Å². The SMILES string of the molecule is CCC(=O)C(C)Sc1n[nH]c(-c2cccs2)n1. The summed E-state index contributed by atoms with van der Waals surface area (Å²) in [7, 11) is 0. The Hall–Kier alpha value is -1.14. The summed E-state index contributed by atoms with van der Waals surface area (Å²) in [6, 6.07) is 3.96. The van der Waals surface area contributed by atoms with Crippen LogP contribution in [0.1, 0.15) is 20.3 Å². The first kappa shape index (κ1) is 12.3. The fraction of sp³-hybridized carbons (Fsp3) is 0.364. The van der Waals surface area contributed by atoms with Crippen LogP contribution >= 0.6 is 23.1 Å². The number of Topliss-reactive ketones (excluding diaryl/α,β-unsaturated/α-hetero) is 1. The second kappa shape index (κ2) is 5.46. The van der Waals surface area contributed by atoms with Crippen LogP contribution in [0.4, 0.5) is 0 Å². The Kier molecular flexibility index (Phi) is 3.96. The summed E-state index contributed by atoms with van der Waals surface area (Å²) in [5.41, 5.74) is 0. The maximum atomic E-state index is 11.5. The van der Waals surface area contributed by atoms with Crippen LogP contribution in [-0.2, 0) is 4.79 Å². The summed E-state index contributed by atoms with van der Waals surface area (Å²) in [6.45, 7) is 3.76. The average Bonchev–Trinajstić information content (AvgIpc) is 2.97. The topological polar surface area (TPSA) is 58.6 Å². The van der Waals surface area contributed by atoms with E-state index in [0.717, 1.165) is 10.7 Å². The van der Waals surface area contributed by atoms with Gasteiger partial charge in [-0.05, 0) is 18.4 Å². The van der Waals surface area contributed by atoms with E-state index in [2.05, 4.69) is 15.2 Å². The first-order valence-electron chi connectivity index (χ1n) is 5.36. The summed E-state index contributed by atoms with van der Waals surface area (Å²) in [6.07, 6.45) is 0.552. The number of carbonyl (C=O) groups is 1. The molecule has 90 valence electrons. The molecule has 1 N–H and O–H groups in total. The number of nitrogens with zero attached hydrogens (tertiary/aromatic N) is 2. The molecule has 0 bridgehead atoms. The van der Waals surface area contributed by atoms with Gasteiger partial charge >= 0.3 is 0 Å². The van der Waals surface area contributed by atoms with Crippen molar-refractivity contribution in [2.24, 2.45) is 0 Å². The number of aromatic nitrogens is 3. The zero-order valence-corrected chi connectivity index (χ0v) is 11.3. The first-order chi connectivity index (χ1) is 8.20. The van der Waals surface area contributed by atoms with E-state index in [4.69, 9.17) is 0 Å². The molecule has 2 rings (SSSR count). The van der Waals surface area contributed by atoms with Crippen molar-refractivity contribution in [2.75, 3.05) is 0 Å². The van der Waals surface area contributed by atoms with Crippen molar-refractivity contribution < 1.29 is 4.79 Å². The second-order valence-corrected chi connectivity index (χ2v) is 5.78. The van der Waals surface area contributed by atoms with E-state index in [0.29, 0.717) is 11.6 Å². The molecule has 1 unspecified atom stereocenters. The summed E-state index contributed by atoms with van der Waals surface area (Å²) in [5.74, 6) is 0.983. The Balaban J connectivity index is 2.06. The third kappa shape index (κ3) is 2.95. The number of hydrogen-bond acceptors (Lipinski definition) is 5. The van der Waals surface area contributed by atoms with Crippen LogP contribution in [0.15, 0.2) is 22.7 Å². The maximum absolute atomic E-state index is 11.5. The van der Waals surface area contributed by atoms with E-state index in [1.165, 1.54) is 11.8 Å². The molecule has 0 radical (unpaired) electrons. The quantitative estimate of drug-likeness (QED) is 0.846. The second-order valence-electron chi connectivity index (χ2n) is 3.52. The highest BCUT2D eigenvalue weighted by Gasteiger charge is 2.15. The molecule has 1 atom stereocenters. The van der Waals surface area contributed by atoms with Crippen LogP contribution in [0.25, 0.3) is 10.7 Å². The molecule has 0 aliphatic heterocycles. The van der Waals surface area contributed by atoms with Gasteiger partial charge in [0.2, 0.25) is 5.16 Å². The molecule has 0 saturated heterocycles. The Morgan fingerprint density at radius 2 is 2.47 bits per heavy atom. The number of ketones is 1. The van der Waals surface area contributed by atoms with E-state index < -0.39 is 0 Å². The van der Waals surface area contributed by atoms with Gasteiger partial charge in [0.25, 0.3) is 0 Å². The van der Waals surface area contributed by atoms with Gasteiger partial charge in [0.05, 0.1) is 10.1 Å². The van der Waals surface area contributed by atoms with Crippen molar-refractivity contribution in [3.63, 3.8) is 0 Å². The van der Waals surface area contributed by atoms with Crippen LogP contribution < -0.4 is 0 Å². The Labute approximate surface area is 108 Å². The molecule has 2 aromatic heterocycles. The molecule has 0 aliphatic carbocycles. The lowest BCUT2D eigenvalue weighted by atomic mass is 10.2. The number of rotatable bonds is 5. The molecule has 0 fully saturated rings. The summed E-state index contributed by atoms with van der Waals surface area (Å²) < 4.78 is 0. The van der Waals surface area contributed by atoms with Gasteiger partial charge in [-0.1, -0.05) is 24.8 Å². The lowest BCUT2D eigenvalue weighted by molar-refractivity contribution is -0.118. The predicted octanol–water partition coefficient (Wildman–Crippen LogP) is 2.99. The van der Waals surface area contributed by atoms with Crippen molar-refractivity contribution >= 4 is 28.9 Å². The zero-order valence-electron chi connectivity index (χ0n) is 9.64. The van der Waals surface area contributed by atoms with Crippen LogP contribution in [-0.4, -0.2) is 26.2 Å². The maximum Gasteiger partial charge on any atom is 0.209 e. The number of carbonyl (C=O) groups excluding carboxylic acids is 1. The van der Waals surface area contributed by atoms with E-state index in [1.54, 1.807) is 11.3 Å². The average molecular weight is 267 g/mol. The van der Waals surface area contributed by atoms with Crippen molar-refractivity contribution in [1.82, 2.24) is 15.2 Å². The molecule has 2 aromatic rings. The Bertz CT molecular complexity index is 493. The van der Waals surface area contributed by atoms with Crippen molar-refractivity contribution in [3.8, 4) is 10.7 Å². The van der Waals surface area contributed by atoms with E-state index in [9.17, 15) is 4.79 Å². The van der Waals surface area contributed by atoms with Crippen LogP contribution in [0.2, 0.25) is 0 Å². The molecule has 4 nitrogen and oxygen atoms in total. The fourth-order valence-corrected chi connectivity index (χ4v) is 2.85. The van der Waals surface area contributed by atoms with Crippen molar-refractivity contribution in [3.05, 3.63) is 17.5 Å². The number of thioether (sulfide) groups is 1. The number of H-pyrrole nitrogens is 1.